The second kappa shape index (κ2) is 11.2. The van der Waals surface area contributed by atoms with Gasteiger partial charge in [-0.1, -0.05) is 24.3 Å². The van der Waals surface area contributed by atoms with Crippen LogP contribution in [0.15, 0.2) is 48.5 Å². The molecule has 0 saturated carbocycles. The third-order valence-corrected chi connectivity index (χ3v) is 5.10. The van der Waals surface area contributed by atoms with E-state index in [4.69, 9.17) is 10.00 Å². The molecule has 0 unspecified atom stereocenters. The monoisotopic (exact) mass is 521 g/mol. The number of nitriles is 1. The van der Waals surface area contributed by atoms with Gasteiger partial charge in [-0.15, -0.1) is 0 Å². The molecule has 0 aromatic heterocycles. The number of rotatable bonds is 8. The van der Waals surface area contributed by atoms with E-state index in [9.17, 15) is 19.5 Å². The van der Waals surface area contributed by atoms with Crippen LogP contribution in [0.4, 0.5) is 4.79 Å². The lowest BCUT2D eigenvalue weighted by Gasteiger charge is -2.16. The molecule has 0 bridgehead atoms. The zero-order valence-electron chi connectivity index (χ0n) is 16.2. The Morgan fingerprint density at radius 2 is 1.87 bits per heavy atom. The third-order valence-electron chi connectivity index (χ3n) is 4.16. The van der Waals surface area contributed by atoms with Gasteiger partial charge in [0, 0.05) is 23.6 Å². The summed E-state index contributed by atoms with van der Waals surface area (Å²) in [4.78, 5) is 37.3. The summed E-state index contributed by atoms with van der Waals surface area (Å²) in [6, 6.07) is 14.1. The lowest BCUT2D eigenvalue weighted by molar-refractivity contribution is -0.139. The van der Waals surface area contributed by atoms with Crippen LogP contribution in [-0.4, -0.2) is 47.6 Å². The SMILES string of the molecule is CN(CCC#N)C(=O)Oc1ccc(C[C@H](NC(=O)c2ccccc2I)C(=O)O)cc1. The molecule has 2 amide bonds. The minimum absolute atomic E-state index is 0.0702. The molecule has 0 aliphatic carbocycles. The van der Waals surface area contributed by atoms with Crippen molar-refractivity contribution in [3.63, 3.8) is 0 Å². The minimum Gasteiger partial charge on any atom is -0.480 e. The van der Waals surface area contributed by atoms with Crippen molar-refractivity contribution >= 4 is 40.6 Å². The van der Waals surface area contributed by atoms with Gasteiger partial charge in [0.2, 0.25) is 0 Å². The molecule has 9 heteroatoms. The largest absolute Gasteiger partial charge is 0.480 e. The van der Waals surface area contributed by atoms with Gasteiger partial charge in [0.15, 0.2) is 0 Å². The smallest absolute Gasteiger partial charge is 0.414 e. The molecular weight excluding hydrogens is 501 g/mol. The lowest BCUT2D eigenvalue weighted by atomic mass is 10.1. The van der Waals surface area contributed by atoms with Crippen molar-refractivity contribution in [1.82, 2.24) is 10.2 Å². The van der Waals surface area contributed by atoms with Gasteiger partial charge in [-0.25, -0.2) is 9.59 Å². The maximum absolute atomic E-state index is 12.4. The molecular formula is C21H20IN3O5. The Hall–Kier alpha value is -3.13. The normalized spacial score (nSPS) is 11.1. The van der Waals surface area contributed by atoms with Crippen LogP contribution in [0.25, 0.3) is 0 Å². The first-order valence-corrected chi connectivity index (χ1v) is 10.1. The topological polar surface area (TPSA) is 120 Å². The van der Waals surface area contributed by atoms with Crippen LogP contribution < -0.4 is 10.1 Å². The van der Waals surface area contributed by atoms with Crippen LogP contribution in [0.3, 0.4) is 0 Å². The molecule has 2 aromatic rings. The summed E-state index contributed by atoms with van der Waals surface area (Å²) in [5, 5.41) is 20.6. The van der Waals surface area contributed by atoms with E-state index in [-0.39, 0.29) is 19.4 Å². The summed E-state index contributed by atoms with van der Waals surface area (Å²) in [7, 11) is 1.53. The first-order chi connectivity index (χ1) is 14.3. The van der Waals surface area contributed by atoms with Gasteiger partial charge in [-0.3, -0.25) is 4.79 Å². The van der Waals surface area contributed by atoms with Crippen LogP contribution >= 0.6 is 22.6 Å². The number of amides is 2. The highest BCUT2D eigenvalue weighted by Crippen LogP contribution is 2.16. The number of carbonyl (C=O) groups excluding carboxylic acids is 2. The van der Waals surface area contributed by atoms with E-state index in [2.05, 4.69) is 5.32 Å². The van der Waals surface area contributed by atoms with E-state index in [1.807, 2.05) is 28.7 Å². The number of carboxylic acids is 1. The maximum Gasteiger partial charge on any atom is 0.414 e. The first kappa shape index (κ1) is 23.2. The van der Waals surface area contributed by atoms with Gasteiger partial charge in [-0.05, 0) is 52.4 Å². The van der Waals surface area contributed by atoms with Gasteiger partial charge in [0.05, 0.1) is 18.1 Å². The Bertz CT molecular complexity index is 956. The number of aliphatic carboxylic acids is 1. The van der Waals surface area contributed by atoms with Crippen molar-refractivity contribution in [2.45, 2.75) is 18.9 Å². The molecule has 0 saturated heterocycles. The Kier molecular flexibility index (Phi) is 8.61. The van der Waals surface area contributed by atoms with Crippen molar-refractivity contribution in [2.24, 2.45) is 0 Å². The zero-order chi connectivity index (χ0) is 22.1. The molecule has 156 valence electrons. The van der Waals surface area contributed by atoms with E-state index in [1.54, 1.807) is 48.5 Å². The molecule has 30 heavy (non-hydrogen) atoms. The molecule has 0 heterocycles. The molecule has 2 rings (SSSR count). The number of hydrogen-bond donors (Lipinski definition) is 2. The predicted octanol–water partition coefficient (Wildman–Crippen LogP) is 3.06. The number of hydrogen-bond acceptors (Lipinski definition) is 5. The van der Waals surface area contributed by atoms with Crippen molar-refractivity contribution in [3.05, 3.63) is 63.2 Å². The van der Waals surface area contributed by atoms with Crippen molar-refractivity contribution in [3.8, 4) is 11.8 Å². The summed E-state index contributed by atoms with van der Waals surface area (Å²) < 4.78 is 5.93. The lowest BCUT2D eigenvalue weighted by Crippen LogP contribution is -2.42. The zero-order valence-corrected chi connectivity index (χ0v) is 18.3. The maximum atomic E-state index is 12.4. The predicted molar refractivity (Wildman–Crippen MR) is 117 cm³/mol. The van der Waals surface area contributed by atoms with E-state index in [1.165, 1.54) is 11.9 Å². The average Bonchev–Trinajstić information content (AvgIpc) is 2.72. The number of halogens is 1. The Balaban J connectivity index is 2.00. The summed E-state index contributed by atoms with van der Waals surface area (Å²) in [5.74, 6) is -1.32. The van der Waals surface area contributed by atoms with Gasteiger partial charge in [0.25, 0.3) is 5.91 Å². The standard InChI is InChI=1S/C21H20IN3O5/c1-25(12-4-11-23)21(29)30-15-9-7-14(8-10-15)13-18(20(27)28)24-19(26)16-5-2-3-6-17(16)22/h2-3,5-10,18H,4,12-13H2,1H3,(H,24,26)(H,27,28)/t18-/m0/s1. The quantitative estimate of drug-likeness (QED) is 0.516. The molecule has 0 aliphatic rings. The van der Waals surface area contributed by atoms with Crippen molar-refractivity contribution < 1.29 is 24.2 Å². The van der Waals surface area contributed by atoms with E-state index >= 15 is 0 Å². The second-order valence-corrected chi connectivity index (χ2v) is 7.55. The molecule has 0 fully saturated rings. The van der Waals surface area contributed by atoms with Crippen LogP contribution in [0.1, 0.15) is 22.3 Å². The highest BCUT2D eigenvalue weighted by Gasteiger charge is 2.22. The van der Waals surface area contributed by atoms with Crippen LogP contribution in [0.5, 0.6) is 5.75 Å². The second-order valence-electron chi connectivity index (χ2n) is 6.39. The number of ether oxygens (including phenoxy) is 1. The number of carboxylic acid groups (broad SMARTS) is 1. The van der Waals surface area contributed by atoms with E-state index in [0.29, 0.717) is 16.9 Å². The molecule has 8 nitrogen and oxygen atoms in total. The fourth-order valence-electron chi connectivity index (χ4n) is 2.50. The average molecular weight is 521 g/mol. The van der Waals surface area contributed by atoms with Crippen molar-refractivity contribution in [2.75, 3.05) is 13.6 Å². The highest BCUT2D eigenvalue weighted by atomic mass is 127. The van der Waals surface area contributed by atoms with Crippen LogP contribution in [0.2, 0.25) is 0 Å². The Labute approximate surface area is 187 Å². The van der Waals surface area contributed by atoms with E-state index < -0.39 is 24.0 Å². The van der Waals surface area contributed by atoms with Gasteiger partial charge in [-0.2, -0.15) is 5.26 Å². The number of nitrogens with one attached hydrogen (secondary N) is 1. The number of benzene rings is 2. The van der Waals surface area contributed by atoms with Gasteiger partial charge in [0.1, 0.15) is 11.8 Å². The molecule has 0 radical (unpaired) electrons. The Morgan fingerprint density at radius 1 is 1.20 bits per heavy atom. The molecule has 2 N–H and O–H groups in total. The summed E-state index contributed by atoms with van der Waals surface area (Å²) in [6.07, 6.45) is -0.318. The summed E-state index contributed by atoms with van der Waals surface area (Å²) in [6.45, 7) is 0.258. The summed E-state index contributed by atoms with van der Waals surface area (Å²) in [5.41, 5.74) is 1.07. The summed E-state index contributed by atoms with van der Waals surface area (Å²) >= 11 is 2.02. The minimum atomic E-state index is -1.15. The Morgan fingerprint density at radius 3 is 2.47 bits per heavy atom. The van der Waals surface area contributed by atoms with E-state index in [0.717, 1.165) is 3.57 Å². The first-order valence-electron chi connectivity index (χ1n) is 8.99. The van der Waals surface area contributed by atoms with Crippen molar-refractivity contribution in [1.29, 1.82) is 5.26 Å². The highest BCUT2D eigenvalue weighted by molar-refractivity contribution is 14.1. The molecule has 0 aliphatic heterocycles. The molecule has 1 atom stereocenters. The fraction of sp³-hybridized carbons (Fsp3) is 0.238. The molecule has 0 spiro atoms. The third kappa shape index (κ3) is 6.73. The van der Waals surface area contributed by atoms with Crippen LogP contribution in [0, 0.1) is 14.9 Å². The number of nitrogens with zero attached hydrogens (tertiary/aromatic N) is 2. The van der Waals surface area contributed by atoms with Gasteiger partial charge >= 0.3 is 12.1 Å². The van der Waals surface area contributed by atoms with Crippen LogP contribution in [-0.2, 0) is 11.2 Å². The fourth-order valence-corrected chi connectivity index (χ4v) is 3.13. The number of carbonyl (C=O) groups is 3. The molecule has 2 aromatic carbocycles. The van der Waals surface area contributed by atoms with Gasteiger partial charge < -0.3 is 20.1 Å².